The predicted octanol–water partition coefficient (Wildman–Crippen LogP) is 7.95. The molecule has 0 bridgehead atoms. The minimum Gasteiger partial charge on any atom is -0.494 e. The second-order valence-corrected chi connectivity index (χ2v) is 8.03. The summed E-state index contributed by atoms with van der Waals surface area (Å²) in [5.74, 6) is 1.71. The zero-order valence-corrected chi connectivity index (χ0v) is 19.1. The number of allylic oxidation sites excluding steroid dienone is 2. The molecule has 0 unspecified atom stereocenters. The van der Waals surface area contributed by atoms with E-state index in [1.165, 1.54) is 63.4 Å². The lowest BCUT2D eigenvalue weighted by atomic mass is 10.1. The maximum atomic E-state index is 5.88. The molecule has 3 nitrogen and oxygen atoms in total. The average Bonchev–Trinajstić information content (AvgIpc) is 2.79. The van der Waals surface area contributed by atoms with Crippen LogP contribution in [-0.2, 0) is 6.42 Å². The molecule has 0 fully saturated rings. The summed E-state index contributed by atoms with van der Waals surface area (Å²) in [6.45, 7) is 5.22. The van der Waals surface area contributed by atoms with Gasteiger partial charge < -0.3 is 4.74 Å². The molecule has 1 aromatic heterocycles. The van der Waals surface area contributed by atoms with Crippen molar-refractivity contribution in [3.63, 3.8) is 0 Å². The normalized spacial score (nSPS) is 11.3. The topological polar surface area (TPSA) is 35.0 Å². The lowest BCUT2D eigenvalue weighted by Crippen LogP contribution is -1.97. The summed E-state index contributed by atoms with van der Waals surface area (Å²) in [5.41, 5.74) is 2.27. The van der Waals surface area contributed by atoms with E-state index >= 15 is 0 Å². The monoisotopic (exact) mass is 408 g/mol. The van der Waals surface area contributed by atoms with Gasteiger partial charge in [0.25, 0.3) is 0 Å². The molecule has 0 saturated carbocycles. The molecule has 0 aliphatic heterocycles. The van der Waals surface area contributed by atoms with Gasteiger partial charge in [-0.15, -0.1) is 0 Å². The van der Waals surface area contributed by atoms with Crippen LogP contribution in [0.4, 0.5) is 0 Å². The number of nitrogens with zero attached hydrogens (tertiary/aromatic N) is 2. The molecule has 0 radical (unpaired) electrons. The van der Waals surface area contributed by atoms with E-state index in [2.05, 4.69) is 48.1 Å². The Morgan fingerprint density at radius 3 is 2.20 bits per heavy atom. The first-order valence-electron chi connectivity index (χ1n) is 12.0. The van der Waals surface area contributed by atoms with Crippen molar-refractivity contribution in [2.45, 2.75) is 90.9 Å². The molecule has 0 N–H and O–H groups in total. The lowest BCUT2D eigenvalue weighted by Gasteiger charge is -2.07. The number of aromatic nitrogens is 2. The molecule has 2 aromatic rings. The highest BCUT2D eigenvalue weighted by atomic mass is 16.5. The van der Waals surface area contributed by atoms with Gasteiger partial charge in [0.05, 0.1) is 6.61 Å². The first kappa shape index (κ1) is 24.1. The Morgan fingerprint density at radius 1 is 0.767 bits per heavy atom. The maximum absolute atomic E-state index is 5.88. The number of hydrogen-bond donors (Lipinski definition) is 0. The van der Waals surface area contributed by atoms with E-state index in [0.29, 0.717) is 0 Å². The second kappa shape index (κ2) is 15.6. The summed E-state index contributed by atoms with van der Waals surface area (Å²) in [6.07, 6.45) is 23.3. The third kappa shape index (κ3) is 10.0. The van der Waals surface area contributed by atoms with Crippen LogP contribution in [0.5, 0.6) is 5.75 Å². The number of benzene rings is 1. The van der Waals surface area contributed by atoms with Gasteiger partial charge in [-0.2, -0.15) is 0 Å². The predicted molar refractivity (Wildman–Crippen MR) is 128 cm³/mol. The van der Waals surface area contributed by atoms with Gasteiger partial charge in [-0.1, -0.05) is 64.5 Å². The van der Waals surface area contributed by atoms with Crippen LogP contribution in [0.15, 0.2) is 48.8 Å². The number of unbranched alkanes of at least 4 members (excludes halogenated alkanes) is 8. The van der Waals surface area contributed by atoms with Gasteiger partial charge in [0.2, 0.25) is 0 Å². The third-order valence-corrected chi connectivity index (χ3v) is 5.32. The molecule has 1 heterocycles. The highest BCUT2D eigenvalue weighted by Gasteiger charge is 2.03. The molecule has 0 amide bonds. The fraction of sp³-hybridized carbons (Fsp3) is 0.556. The Hall–Kier alpha value is -2.16. The van der Waals surface area contributed by atoms with E-state index in [-0.39, 0.29) is 0 Å². The van der Waals surface area contributed by atoms with Crippen molar-refractivity contribution in [3.8, 4) is 17.1 Å². The molecule has 0 atom stereocenters. The molecule has 164 valence electrons. The van der Waals surface area contributed by atoms with Gasteiger partial charge in [-0.05, 0) is 68.4 Å². The van der Waals surface area contributed by atoms with Gasteiger partial charge in [-0.25, -0.2) is 9.97 Å². The molecule has 2 rings (SSSR count). The summed E-state index contributed by atoms with van der Waals surface area (Å²) in [5, 5.41) is 0. The molecular formula is C27H40N2O. The fourth-order valence-electron chi connectivity index (χ4n) is 3.46. The van der Waals surface area contributed by atoms with E-state index in [9.17, 15) is 0 Å². The minimum absolute atomic E-state index is 0.785. The standard InChI is InChI=1S/C27H40N2O/c1-3-5-7-9-10-11-13-15-21-30-26-19-17-25(18-20-26)27-28-22-24(23-29-27)16-14-12-8-6-4-2/h5,7,17-20,22-23H,3-4,6,8-16,21H2,1-2H3/b7-5-. The van der Waals surface area contributed by atoms with Crippen LogP contribution in [-0.4, -0.2) is 16.6 Å². The van der Waals surface area contributed by atoms with Crippen LogP contribution in [0.25, 0.3) is 11.4 Å². The minimum atomic E-state index is 0.785. The molecule has 0 saturated heterocycles. The fourth-order valence-corrected chi connectivity index (χ4v) is 3.46. The van der Waals surface area contributed by atoms with Crippen molar-refractivity contribution in [2.24, 2.45) is 0 Å². The highest BCUT2D eigenvalue weighted by Crippen LogP contribution is 2.20. The first-order chi connectivity index (χ1) is 14.8. The summed E-state index contributed by atoms with van der Waals surface area (Å²) < 4.78 is 5.88. The Labute approximate surface area is 184 Å². The summed E-state index contributed by atoms with van der Waals surface area (Å²) in [4.78, 5) is 9.12. The van der Waals surface area contributed by atoms with E-state index in [0.717, 1.165) is 43.0 Å². The van der Waals surface area contributed by atoms with Crippen LogP contribution < -0.4 is 4.74 Å². The number of aryl methyl sites for hydroxylation is 1. The zero-order chi connectivity index (χ0) is 21.3. The maximum Gasteiger partial charge on any atom is 0.159 e. The molecular weight excluding hydrogens is 368 g/mol. The van der Waals surface area contributed by atoms with Crippen molar-refractivity contribution in [1.82, 2.24) is 9.97 Å². The lowest BCUT2D eigenvalue weighted by molar-refractivity contribution is 0.305. The first-order valence-corrected chi connectivity index (χ1v) is 12.0. The molecule has 0 spiro atoms. The third-order valence-electron chi connectivity index (χ3n) is 5.32. The Morgan fingerprint density at radius 2 is 1.47 bits per heavy atom. The molecule has 0 aliphatic rings. The summed E-state index contributed by atoms with van der Waals surface area (Å²) >= 11 is 0. The van der Waals surface area contributed by atoms with E-state index < -0.39 is 0 Å². The van der Waals surface area contributed by atoms with Gasteiger partial charge in [-0.3, -0.25) is 0 Å². The van der Waals surface area contributed by atoms with E-state index in [1.54, 1.807) is 0 Å². The quantitative estimate of drug-likeness (QED) is 0.209. The van der Waals surface area contributed by atoms with Gasteiger partial charge in [0.1, 0.15) is 5.75 Å². The molecule has 0 aliphatic carbocycles. The molecule has 1 aromatic carbocycles. The van der Waals surface area contributed by atoms with Crippen molar-refractivity contribution in [1.29, 1.82) is 0 Å². The van der Waals surface area contributed by atoms with Crippen LogP contribution in [0.1, 0.15) is 90.0 Å². The summed E-state index contributed by atoms with van der Waals surface area (Å²) in [7, 11) is 0. The Balaban J connectivity index is 1.65. The highest BCUT2D eigenvalue weighted by molar-refractivity contribution is 5.55. The zero-order valence-electron chi connectivity index (χ0n) is 19.1. The average molecular weight is 409 g/mol. The Kier molecular flexibility index (Phi) is 12.6. The van der Waals surface area contributed by atoms with Gasteiger partial charge in [0, 0.05) is 18.0 Å². The van der Waals surface area contributed by atoms with Gasteiger partial charge in [0.15, 0.2) is 5.82 Å². The molecule has 3 heteroatoms. The number of hydrogen-bond acceptors (Lipinski definition) is 3. The second-order valence-electron chi connectivity index (χ2n) is 8.03. The molecule has 30 heavy (non-hydrogen) atoms. The van der Waals surface area contributed by atoms with E-state index in [4.69, 9.17) is 4.74 Å². The number of rotatable bonds is 16. The Bertz CT molecular complexity index is 692. The van der Waals surface area contributed by atoms with Crippen molar-refractivity contribution < 1.29 is 4.74 Å². The number of ether oxygens (including phenoxy) is 1. The van der Waals surface area contributed by atoms with Gasteiger partial charge >= 0.3 is 0 Å². The van der Waals surface area contributed by atoms with Crippen LogP contribution in [0, 0.1) is 0 Å². The van der Waals surface area contributed by atoms with Crippen molar-refractivity contribution >= 4 is 0 Å². The van der Waals surface area contributed by atoms with Crippen LogP contribution in [0.2, 0.25) is 0 Å². The smallest absolute Gasteiger partial charge is 0.159 e. The largest absolute Gasteiger partial charge is 0.494 e. The SMILES string of the molecule is CC/C=C\CCCCCCOc1ccc(-c2ncc(CCCCCCC)cn2)cc1. The summed E-state index contributed by atoms with van der Waals surface area (Å²) in [6, 6.07) is 8.15. The van der Waals surface area contributed by atoms with Crippen molar-refractivity contribution in [2.75, 3.05) is 6.61 Å². The van der Waals surface area contributed by atoms with Crippen LogP contribution >= 0.6 is 0 Å². The van der Waals surface area contributed by atoms with E-state index in [1.807, 2.05) is 24.5 Å². The van der Waals surface area contributed by atoms with Crippen LogP contribution in [0.3, 0.4) is 0 Å². The van der Waals surface area contributed by atoms with Crippen molar-refractivity contribution in [3.05, 3.63) is 54.4 Å².